The van der Waals surface area contributed by atoms with E-state index in [0.717, 1.165) is 33.8 Å². The summed E-state index contributed by atoms with van der Waals surface area (Å²) in [6.45, 7) is 0.498. The van der Waals surface area contributed by atoms with E-state index in [1.165, 1.54) is 0 Å². The molecule has 118 valence electrons. The fourth-order valence-corrected chi connectivity index (χ4v) is 2.48. The monoisotopic (exact) mass is 314 g/mol. The second-order valence-corrected chi connectivity index (χ2v) is 5.36. The first-order valence-corrected chi connectivity index (χ1v) is 7.72. The van der Waals surface area contributed by atoms with Crippen LogP contribution in [0.3, 0.4) is 0 Å². The molecule has 3 rings (SSSR count). The molecule has 0 spiro atoms. The zero-order valence-corrected chi connectivity index (χ0v) is 13.5. The van der Waals surface area contributed by atoms with Gasteiger partial charge in [-0.1, -0.05) is 48.4 Å². The van der Waals surface area contributed by atoms with E-state index < -0.39 is 0 Å². The molecule has 0 fully saturated rings. The number of methoxy groups -OCH3 is 1. The minimum Gasteiger partial charge on any atom is -0.497 e. The Bertz CT molecular complexity index is 843. The first kappa shape index (κ1) is 15.7. The van der Waals surface area contributed by atoms with Crippen LogP contribution < -0.4 is 9.47 Å². The molecular weight excluding hydrogens is 296 g/mol. The first-order chi connectivity index (χ1) is 11.8. The number of benzene rings is 3. The van der Waals surface area contributed by atoms with Gasteiger partial charge in [0.2, 0.25) is 0 Å². The summed E-state index contributed by atoms with van der Waals surface area (Å²) in [6.07, 6.45) is 5.53. The van der Waals surface area contributed by atoms with Crippen LogP contribution in [0, 0.1) is 12.3 Å². The smallest absolute Gasteiger partial charge is 0.128 e. The first-order valence-electron chi connectivity index (χ1n) is 7.72. The molecule has 0 aliphatic carbocycles. The predicted molar refractivity (Wildman–Crippen MR) is 97.1 cm³/mol. The summed E-state index contributed by atoms with van der Waals surface area (Å²) in [7, 11) is 1.66. The normalized spacial score (nSPS) is 10.0. The lowest BCUT2D eigenvalue weighted by Gasteiger charge is -2.13. The fourth-order valence-electron chi connectivity index (χ4n) is 2.48. The number of hydrogen-bond acceptors (Lipinski definition) is 2. The maximum Gasteiger partial charge on any atom is 0.128 e. The Hall–Kier alpha value is -3.18. The van der Waals surface area contributed by atoms with Gasteiger partial charge in [-0.05, 0) is 41.5 Å². The molecule has 0 atom stereocenters. The molecule has 3 aromatic rings. The van der Waals surface area contributed by atoms with Gasteiger partial charge in [0.05, 0.1) is 7.11 Å². The molecule has 0 aromatic heterocycles. The van der Waals surface area contributed by atoms with Gasteiger partial charge in [-0.15, -0.1) is 6.42 Å². The Labute approximate surface area is 142 Å². The van der Waals surface area contributed by atoms with E-state index in [2.05, 4.69) is 5.92 Å². The Balaban J connectivity index is 1.91. The van der Waals surface area contributed by atoms with E-state index in [4.69, 9.17) is 15.9 Å². The van der Waals surface area contributed by atoms with Crippen molar-refractivity contribution in [2.24, 2.45) is 0 Å². The average Bonchev–Trinajstić information content (AvgIpc) is 2.67. The molecule has 3 aromatic carbocycles. The molecule has 24 heavy (non-hydrogen) atoms. The van der Waals surface area contributed by atoms with Gasteiger partial charge in [-0.2, -0.15) is 0 Å². The molecule has 0 unspecified atom stereocenters. The predicted octanol–water partition coefficient (Wildman–Crippen LogP) is 4.92. The lowest BCUT2D eigenvalue weighted by molar-refractivity contribution is 0.307. The molecule has 0 bridgehead atoms. The fraction of sp³-hybridized carbons (Fsp3) is 0.0909. The number of rotatable bonds is 5. The summed E-state index contributed by atoms with van der Waals surface area (Å²) in [5.41, 5.74) is 3.98. The average molecular weight is 314 g/mol. The number of ether oxygens (including phenoxy) is 2. The summed E-state index contributed by atoms with van der Waals surface area (Å²) in [4.78, 5) is 0. The van der Waals surface area contributed by atoms with Crippen LogP contribution in [-0.2, 0) is 6.61 Å². The van der Waals surface area contributed by atoms with Crippen molar-refractivity contribution in [3.8, 4) is 35.0 Å². The van der Waals surface area contributed by atoms with Crippen molar-refractivity contribution in [1.82, 2.24) is 0 Å². The highest BCUT2D eigenvalue weighted by Gasteiger charge is 2.08. The molecule has 0 radical (unpaired) electrons. The highest BCUT2D eigenvalue weighted by molar-refractivity contribution is 5.72. The molecule has 2 heteroatoms. The van der Waals surface area contributed by atoms with Crippen molar-refractivity contribution in [2.75, 3.05) is 7.11 Å². The van der Waals surface area contributed by atoms with E-state index in [-0.39, 0.29) is 0 Å². The minimum absolute atomic E-state index is 0.498. The largest absolute Gasteiger partial charge is 0.497 e. The van der Waals surface area contributed by atoms with Crippen LogP contribution in [0.15, 0.2) is 72.8 Å². The van der Waals surface area contributed by atoms with Gasteiger partial charge in [0.25, 0.3) is 0 Å². The second kappa shape index (κ2) is 7.39. The van der Waals surface area contributed by atoms with Crippen LogP contribution in [-0.4, -0.2) is 7.11 Å². The Morgan fingerprint density at radius 2 is 1.67 bits per heavy atom. The molecule has 0 N–H and O–H groups in total. The van der Waals surface area contributed by atoms with Crippen LogP contribution in [0.2, 0.25) is 0 Å². The number of terminal acetylenes is 1. The van der Waals surface area contributed by atoms with E-state index in [9.17, 15) is 0 Å². The van der Waals surface area contributed by atoms with Crippen molar-refractivity contribution in [1.29, 1.82) is 0 Å². The van der Waals surface area contributed by atoms with Crippen molar-refractivity contribution in [2.45, 2.75) is 6.61 Å². The van der Waals surface area contributed by atoms with Gasteiger partial charge in [-0.3, -0.25) is 0 Å². The van der Waals surface area contributed by atoms with Gasteiger partial charge in [0.15, 0.2) is 0 Å². The van der Waals surface area contributed by atoms with E-state index in [1.54, 1.807) is 7.11 Å². The van der Waals surface area contributed by atoms with Crippen LogP contribution >= 0.6 is 0 Å². The molecule has 2 nitrogen and oxygen atoms in total. The Kier molecular flexibility index (Phi) is 4.84. The van der Waals surface area contributed by atoms with E-state index >= 15 is 0 Å². The summed E-state index contributed by atoms with van der Waals surface area (Å²) >= 11 is 0. The zero-order valence-electron chi connectivity index (χ0n) is 13.5. The van der Waals surface area contributed by atoms with E-state index in [1.807, 2.05) is 72.8 Å². The van der Waals surface area contributed by atoms with E-state index in [0.29, 0.717) is 6.61 Å². The minimum atomic E-state index is 0.498. The standard InChI is InChI=1S/C22H18O2/c1-3-17-9-14-21(19-10-12-20(23-2)13-11-19)22(15-17)24-16-18-7-5-4-6-8-18/h1,4-15H,16H2,2H3. The summed E-state index contributed by atoms with van der Waals surface area (Å²) < 4.78 is 11.3. The topological polar surface area (TPSA) is 18.5 Å². The molecule has 0 aliphatic rings. The molecule has 0 aliphatic heterocycles. The Morgan fingerprint density at radius 1 is 0.917 bits per heavy atom. The molecule has 0 amide bonds. The maximum absolute atomic E-state index is 6.05. The number of hydrogen-bond donors (Lipinski definition) is 0. The highest BCUT2D eigenvalue weighted by Crippen LogP contribution is 2.32. The van der Waals surface area contributed by atoms with Crippen molar-refractivity contribution < 1.29 is 9.47 Å². The van der Waals surface area contributed by atoms with Crippen molar-refractivity contribution in [3.63, 3.8) is 0 Å². The van der Waals surface area contributed by atoms with Gasteiger partial charge in [0.1, 0.15) is 18.1 Å². The van der Waals surface area contributed by atoms with Crippen LogP contribution in [0.4, 0.5) is 0 Å². The second-order valence-electron chi connectivity index (χ2n) is 5.36. The SMILES string of the molecule is C#Cc1ccc(-c2ccc(OC)cc2)c(OCc2ccccc2)c1. The molecule has 0 heterocycles. The van der Waals surface area contributed by atoms with Crippen LogP contribution in [0.1, 0.15) is 11.1 Å². The summed E-state index contributed by atoms with van der Waals surface area (Å²) in [6, 6.07) is 23.8. The summed E-state index contributed by atoms with van der Waals surface area (Å²) in [5.74, 6) is 4.26. The zero-order chi connectivity index (χ0) is 16.8. The van der Waals surface area contributed by atoms with Gasteiger partial charge in [-0.25, -0.2) is 0 Å². The van der Waals surface area contributed by atoms with Gasteiger partial charge >= 0.3 is 0 Å². The third-order valence-electron chi connectivity index (χ3n) is 3.79. The lowest BCUT2D eigenvalue weighted by atomic mass is 10.0. The molecule has 0 saturated heterocycles. The third-order valence-corrected chi connectivity index (χ3v) is 3.79. The van der Waals surface area contributed by atoms with Crippen LogP contribution in [0.5, 0.6) is 11.5 Å². The lowest BCUT2D eigenvalue weighted by Crippen LogP contribution is -1.97. The van der Waals surface area contributed by atoms with Crippen molar-refractivity contribution in [3.05, 3.63) is 83.9 Å². The quantitative estimate of drug-likeness (QED) is 0.622. The highest BCUT2D eigenvalue weighted by atomic mass is 16.5. The van der Waals surface area contributed by atoms with Crippen molar-refractivity contribution >= 4 is 0 Å². The molecule has 0 saturated carbocycles. The van der Waals surface area contributed by atoms with Gasteiger partial charge in [0, 0.05) is 11.1 Å². The maximum atomic E-state index is 6.05. The third kappa shape index (κ3) is 3.59. The molecular formula is C22H18O2. The Morgan fingerprint density at radius 3 is 2.33 bits per heavy atom. The van der Waals surface area contributed by atoms with Gasteiger partial charge < -0.3 is 9.47 Å². The van der Waals surface area contributed by atoms with Crippen LogP contribution in [0.25, 0.3) is 11.1 Å². The summed E-state index contributed by atoms with van der Waals surface area (Å²) in [5, 5.41) is 0.